The van der Waals surface area contributed by atoms with E-state index in [4.69, 9.17) is 9.52 Å². The van der Waals surface area contributed by atoms with Crippen molar-refractivity contribution >= 4 is 22.0 Å². The largest absolute Gasteiger partial charge is 0.443 e. The maximum atomic E-state index is 14.7. The highest BCUT2D eigenvalue weighted by atomic mass is 19.1. The van der Waals surface area contributed by atoms with Crippen LogP contribution in [0.2, 0.25) is 0 Å². The second-order valence-electron chi connectivity index (χ2n) is 7.15. The van der Waals surface area contributed by atoms with Crippen LogP contribution in [0.1, 0.15) is 30.0 Å². The summed E-state index contributed by atoms with van der Waals surface area (Å²) in [6.45, 7) is 1.21. The van der Waals surface area contributed by atoms with Crippen LogP contribution < -0.4 is 5.56 Å². The van der Waals surface area contributed by atoms with E-state index in [0.29, 0.717) is 27.6 Å². The van der Waals surface area contributed by atoms with Crippen LogP contribution in [-0.2, 0) is 6.61 Å². The number of hydrogen-bond donors (Lipinski definition) is 1. The van der Waals surface area contributed by atoms with Crippen LogP contribution in [0.5, 0.6) is 0 Å². The molecule has 1 aliphatic carbocycles. The molecule has 2 aromatic heterocycles. The molecule has 4 aromatic rings. The minimum atomic E-state index is -0.677. The third-order valence-electron chi connectivity index (χ3n) is 5.41. The molecule has 5 rings (SSSR count). The Kier molecular flexibility index (Phi) is 3.64. The Morgan fingerprint density at radius 3 is 2.71 bits per heavy atom. The van der Waals surface area contributed by atoms with Crippen LogP contribution in [0, 0.1) is 18.6 Å². The number of hydrogen-bond acceptors (Lipinski definition) is 4. The molecule has 0 unspecified atom stereocenters. The first-order valence-electron chi connectivity index (χ1n) is 9.01. The normalized spacial score (nSPS) is 14.3. The quantitative estimate of drug-likeness (QED) is 0.576. The number of halogens is 2. The lowest BCUT2D eigenvalue weighted by Crippen LogP contribution is -2.20. The first-order chi connectivity index (χ1) is 13.5. The first-order valence-corrected chi connectivity index (χ1v) is 9.01. The summed E-state index contributed by atoms with van der Waals surface area (Å²) in [5.74, 6) is -1.31. The van der Waals surface area contributed by atoms with Gasteiger partial charge in [-0.1, -0.05) is 6.07 Å². The van der Waals surface area contributed by atoms with Gasteiger partial charge in [-0.05, 0) is 49.1 Å². The van der Waals surface area contributed by atoms with Crippen molar-refractivity contribution in [1.29, 1.82) is 0 Å². The molecule has 142 valence electrons. The minimum Gasteiger partial charge on any atom is -0.443 e. The summed E-state index contributed by atoms with van der Waals surface area (Å²) in [6, 6.07) is 5.60. The first kappa shape index (κ1) is 17.1. The number of aromatic nitrogens is 2. The molecular formula is C21H16F2N2O3. The average Bonchev–Trinajstić information content (AvgIpc) is 3.39. The third-order valence-corrected chi connectivity index (χ3v) is 5.41. The van der Waals surface area contributed by atoms with E-state index in [1.54, 1.807) is 23.6 Å². The summed E-state index contributed by atoms with van der Waals surface area (Å²) < 4.78 is 36.0. The van der Waals surface area contributed by atoms with Crippen LogP contribution in [0.25, 0.3) is 33.1 Å². The Balaban J connectivity index is 1.88. The van der Waals surface area contributed by atoms with Crippen molar-refractivity contribution in [3.63, 3.8) is 0 Å². The molecule has 1 aliphatic rings. The third kappa shape index (κ3) is 2.32. The van der Waals surface area contributed by atoms with Gasteiger partial charge in [0.25, 0.3) is 5.56 Å². The van der Waals surface area contributed by atoms with E-state index in [-0.39, 0.29) is 28.2 Å². The van der Waals surface area contributed by atoms with Crippen molar-refractivity contribution < 1.29 is 18.3 Å². The van der Waals surface area contributed by atoms with Gasteiger partial charge in [-0.25, -0.2) is 13.8 Å². The average molecular weight is 382 g/mol. The second kappa shape index (κ2) is 5.97. The highest BCUT2D eigenvalue weighted by Crippen LogP contribution is 2.40. The van der Waals surface area contributed by atoms with Gasteiger partial charge in [0.1, 0.15) is 11.6 Å². The fourth-order valence-electron chi connectivity index (χ4n) is 3.89. The fourth-order valence-corrected chi connectivity index (χ4v) is 3.89. The van der Waals surface area contributed by atoms with Gasteiger partial charge in [-0.15, -0.1) is 0 Å². The number of aryl methyl sites for hydroxylation is 1. The van der Waals surface area contributed by atoms with Gasteiger partial charge in [0.05, 0.1) is 12.1 Å². The van der Waals surface area contributed by atoms with Gasteiger partial charge in [-0.2, -0.15) is 0 Å². The molecule has 0 atom stereocenters. The molecule has 2 aromatic carbocycles. The molecular weight excluding hydrogens is 366 g/mol. The Morgan fingerprint density at radius 2 is 2.00 bits per heavy atom. The van der Waals surface area contributed by atoms with Gasteiger partial charge in [0.2, 0.25) is 0 Å². The van der Waals surface area contributed by atoms with Gasteiger partial charge >= 0.3 is 0 Å². The fraction of sp³-hybridized carbons (Fsp3) is 0.238. The summed E-state index contributed by atoms with van der Waals surface area (Å²) in [5.41, 5.74) is 2.22. The molecule has 0 radical (unpaired) electrons. The van der Waals surface area contributed by atoms with Gasteiger partial charge < -0.3 is 14.1 Å². The van der Waals surface area contributed by atoms with Crippen molar-refractivity contribution in [1.82, 2.24) is 9.55 Å². The molecule has 0 amide bonds. The highest BCUT2D eigenvalue weighted by molar-refractivity contribution is 6.04. The summed E-state index contributed by atoms with van der Waals surface area (Å²) >= 11 is 0. The van der Waals surface area contributed by atoms with Crippen molar-refractivity contribution in [3.05, 3.63) is 63.8 Å². The van der Waals surface area contributed by atoms with Crippen LogP contribution in [0.15, 0.2) is 39.9 Å². The summed E-state index contributed by atoms with van der Waals surface area (Å²) in [7, 11) is 0. The van der Waals surface area contributed by atoms with Crippen molar-refractivity contribution in [3.8, 4) is 11.1 Å². The lowest BCUT2D eigenvalue weighted by molar-refractivity contribution is 0.275. The number of oxazole rings is 1. The maximum Gasteiger partial charge on any atom is 0.281 e. The summed E-state index contributed by atoms with van der Waals surface area (Å²) in [5, 5.41) is 9.87. The van der Waals surface area contributed by atoms with Crippen molar-refractivity contribution in [2.45, 2.75) is 32.4 Å². The molecule has 2 heterocycles. The van der Waals surface area contributed by atoms with Crippen molar-refractivity contribution in [2.24, 2.45) is 0 Å². The van der Waals surface area contributed by atoms with Crippen LogP contribution in [0.3, 0.4) is 0 Å². The number of pyridine rings is 1. The molecule has 5 nitrogen and oxygen atoms in total. The van der Waals surface area contributed by atoms with Crippen LogP contribution in [0.4, 0.5) is 8.78 Å². The molecule has 1 saturated carbocycles. The Hall–Kier alpha value is -3.06. The summed E-state index contributed by atoms with van der Waals surface area (Å²) in [6.07, 6.45) is 3.01. The summed E-state index contributed by atoms with van der Waals surface area (Å²) in [4.78, 5) is 17.0. The van der Waals surface area contributed by atoms with Crippen molar-refractivity contribution in [2.75, 3.05) is 0 Å². The van der Waals surface area contributed by atoms with E-state index in [9.17, 15) is 13.6 Å². The van der Waals surface area contributed by atoms with Gasteiger partial charge in [-0.3, -0.25) is 4.79 Å². The molecule has 0 saturated heterocycles. The van der Waals surface area contributed by atoms with E-state index in [1.807, 2.05) is 0 Å². The number of rotatable bonds is 3. The van der Waals surface area contributed by atoms with Crippen LogP contribution >= 0.6 is 0 Å². The van der Waals surface area contributed by atoms with Crippen LogP contribution in [-0.4, -0.2) is 14.7 Å². The number of nitrogens with zero attached hydrogens (tertiary/aromatic N) is 2. The monoisotopic (exact) mass is 382 g/mol. The maximum absolute atomic E-state index is 14.7. The molecule has 0 bridgehead atoms. The second-order valence-corrected chi connectivity index (χ2v) is 7.15. The number of aliphatic hydroxyl groups excluding tert-OH is 1. The zero-order valence-corrected chi connectivity index (χ0v) is 15.0. The SMILES string of the molecule is Cc1c(-c2cc(F)c(CO)cc2F)ccc2c3ocnc3c(=O)n(C3CC3)c12. The van der Waals surface area contributed by atoms with Gasteiger partial charge in [0.15, 0.2) is 17.5 Å². The number of fused-ring (bicyclic) bond motifs is 3. The smallest absolute Gasteiger partial charge is 0.281 e. The zero-order chi connectivity index (χ0) is 19.6. The van der Waals surface area contributed by atoms with E-state index < -0.39 is 18.2 Å². The standard InChI is InChI=1S/C21H16F2N2O3/c1-10-13(15-7-16(22)11(8-26)6-17(15)23)4-5-14-19(10)25(12-2-3-12)21(27)18-20(14)28-9-24-18/h4-7,9,12,26H,2-3,8H2,1H3. The number of benzene rings is 2. The lowest BCUT2D eigenvalue weighted by atomic mass is 9.95. The minimum absolute atomic E-state index is 0.0726. The molecule has 1 fully saturated rings. The van der Waals surface area contributed by atoms with E-state index in [1.165, 1.54) is 6.39 Å². The Bertz CT molecular complexity index is 1320. The Morgan fingerprint density at radius 1 is 1.21 bits per heavy atom. The zero-order valence-electron chi connectivity index (χ0n) is 15.0. The number of aliphatic hydroxyl groups is 1. The molecule has 7 heteroatoms. The van der Waals surface area contributed by atoms with E-state index in [2.05, 4.69) is 4.98 Å². The van der Waals surface area contributed by atoms with Gasteiger partial charge in [0, 0.05) is 22.6 Å². The Labute approximate surface area is 157 Å². The topological polar surface area (TPSA) is 68.3 Å². The van der Waals surface area contributed by atoms with E-state index >= 15 is 0 Å². The lowest BCUT2D eigenvalue weighted by Gasteiger charge is -2.16. The molecule has 0 spiro atoms. The predicted octanol–water partition coefficient (Wildman–Crippen LogP) is 4.22. The predicted molar refractivity (Wildman–Crippen MR) is 100 cm³/mol. The van der Waals surface area contributed by atoms with E-state index in [0.717, 1.165) is 25.0 Å². The molecule has 0 aliphatic heterocycles. The molecule has 28 heavy (non-hydrogen) atoms. The molecule has 1 N–H and O–H groups in total. The highest BCUT2D eigenvalue weighted by Gasteiger charge is 2.30.